The van der Waals surface area contributed by atoms with Crippen molar-refractivity contribution in [3.63, 3.8) is 0 Å². The number of esters is 1. The summed E-state index contributed by atoms with van der Waals surface area (Å²) >= 11 is 1.46. The van der Waals surface area contributed by atoms with Crippen molar-refractivity contribution >= 4 is 47.0 Å². The monoisotopic (exact) mass is 764 g/mol. The predicted molar refractivity (Wildman–Crippen MR) is 191 cm³/mol. The molecule has 3 amide bonds. The smallest absolute Gasteiger partial charge is 0.410 e. The Bertz CT molecular complexity index is 1910. The van der Waals surface area contributed by atoms with E-state index in [4.69, 9.17) is 9.47 Å². The van der Waals surface area contributed by atoms with Gasteiger partial charge in [-0.25, -0.2) is 9.59 Å². The number of nitrogens with zero attached hydrogens (tertiary/aromatic N) is 6. The topological polar surface area (TPSA) is 206 Å². The Balaban J connectivity index is 0.980. The lowest BCUT2D eigenvalue weighted by Crippen LogP contribution is -2.63. The summed E-state index contributed by atoms with van der Waals surface area (Å²) in [6.45, 7) is 4.56. The van der Waals surface area contributed by atoms with Crippen molar-refractivity contribution in [2.75, 3.05) is 26.7 Å². The van der Waals surface area contributed by atoms with Gasteiger partial charge in [-0.05, 0) is 62.2 Å². The van der Waals surface area contributed by atoms with Crippen LogP contribution >= 0.6 is 11.8 Å². The van der Waals surface area contributed by atoms with E-state index in [1.165, 1.54) is 53.1 Å². The standard InChI is InChI=1S/C36H40N6O11S/c1-19-30-29(20(2)43)34(45)40(30)31(35(46)52-17-21-4-8-23(9-5-21)41(48)49)32(19)54-27-13-28(37(3)16-27)33(44)38-14-26-12-25(38)15-39(26)36(47)53-18-22-6-10-24(11-7-22)42(50)51/h4-11,19-20,25-30,43H,12-18H2,1-3H3/t19-,20-,25+,26+,27+,28+,29-,30-/m1/s1. The first-order valence-corrected chi connectivity index (χ1v) is 18.6. The molecular formula is C36H40N6O11S. The van der Waals surface area contributed by atoms with E-state index < -0.39 is 46.0 Å². The Morgan fingerprint density at radius 2 is 1.44 bits per heavy atom. The van der Waals surface area contributed by atoms with Gasteiger partial charge in [0.15, 0.2) is 0 Å². The molecule has 18 heteroatoms. The largest absolute Gasteiger partial charge is 0.456 e. The fourth-order valence-electron chi connectivity index (χ4n) is 8.40. The summed E-state index contributed by atoms with van der Waals surface area (Å²) in [4.78, 5) is 82.3. The van der Waals surface area contributed by atoms with Gasteiger partial charge in [0, 0.05) is 60.0 Å². The number of nitro groups is 2. The van der Waals surface area contributed by atoms with Crippen LogP contribution in [0.15, 0.2) is 59.1 Å². The molecule has 2 aromatic carbocycles. The van der Waals surface area contributed by atoms with Crippen LogP contribution < -0.4 is 0 Å². The number of likely N-dealkylation sites (tertiary alicyclic amines) is 3. The minimum atomic E-state index is -0.911. The van der Waals surface area contributed by atoms with Crippen LogP contribution in [0.25, 0.3) is 0 Å². The summed E-state index contributed by atoms with van der Waals surface area (Å²) in [6.07, 6.45) is -0.275. The number of ether oxygens (including phenoxy) is 2. The van der Waals surface area contributed by atoms with E-state index in [2.05, 4.69) is 0 Å². The fraction of sp³-hybridized carbons (Fsp3) is 0.500. The number of nitro benzene ring substituents is 2. The van der Waals surface area contributed by atoms with Crippen LogP contribution in [0.3, 0.4) is 0 Å². The van der Waals surface area contributed by atoms with E-state index in [1.807, 2.05) is 23.8 Å². The van der Waals surface area contributed by atoms with Crippen LogP contribution in [0.4, 0.5) is 16.2 Å². The first-order chi connectivity index (χ1) is 25.7. The SMILES string of the molecule is C[C@@H](O)[C@H]1C(=O)N2C(C(=O)OCc3ccc([N+](=O)[O-])cc3)=C(S[C@H]3C[C@@H](C(=O)N4C[C@@H]5C[C@H]4CN5C(=O)OCc4ccc([N+](=O)[O-])cc4)N(C)C3)[C@H](C)[C@H]12. The van der Waals surface area contributed by atoms with E-state index >= 15 is 0 Å². The zero-order valence-electron chi connectivity index (χ0n) is 29.8. The minimum absolute atomic E-state index is 0.0279. The number of hydrogen-bond acceptors (Lipinski definition) is 13. The summed E-state index contributed by atoms with van der Waals surface area (Å²) < 4.78 is 11.1. The molecule has 0 aliphatic carbocycles. The summed E-state index contributed by atoms with van der Waals surface area (Å²) in [6, 6.07) is 10.3. The van der Waals surface area contributed by atoms with Gasteiger partial charge in [-0.15, -0.1) is 11.8 Å². The molecule has 17 nitrogen and oxygen atoms in total. The lowest BCUT2D eigenvalue weighted by molar-refractivity contribution is -0.385. The molecule has 286 valence electrons. The first kappa shape index (κ1) is 37.3. The van der Waals surface area contributed by atoms with E-state index in [0.717, 1.165) is 0 Å². The summed E-state index contributed by atoms with van der Waals surface area (Å²) in [7, 11) is 1.88. The van der Waals surface area contributed by atoms with Crippen molar-refractivity contribution in [2.24, 2.45) is 11.8 Å². The summed E-state index contributed by atoms with van der Waals surface area (Å²) in [5.74, 6) is -2.03. The molecule has 54 heavy (non-hydrogen) atoms. The van der Waals surface area contributed by atoms with Gasteiger partial charge in [0.2, 0.25) is 11.8 Å². The molecule has 5 aliphatic rings. The number of fused-ring (bicyclic) bond motifs is 3. The molecule has 0 unspecified atom stereocenters. The quantitative estimate of drug-likeness (QED) is 0.151. The molecule has 2 aromatic rings. The summed E-state index contributed by atoms with van der Waals surface area (Å²) in [5.41, 5.74) is 1.16. The average molecular weight is 765 g/mol. The number of benzene rings is 2. The van der Waals surface area contributed by atoms with E-state index in [1.54, 1.807) is 24.0 Å². The Labute approximate surface area is 314 Å². The maximum absolute atomic E-state index is 14.0. The molecule has 0 radical (unpaired) electrons. The highest BCUT2D eigenvalue weighted by atomic mass is 32.2. The second-order valence-electron chi connectivity index (χ2n) is 14.6. The number of aliphatic hydroxyl groups excluding tert-OH is 1. The molecule has 1 N–H and O–H groups in total. The van der Waals surface area contributed by atoms with Crippen molar-refractivity contribution in [2.45, 2.75) is 75.4 Å². The first-order valence-electron chi connectivity index (χ1n) is 17.7. The van der Waals surface area contributed by atoms with E-state index in [-0.39, 0.29) is 65.4 Å². The number of carbonyl (C=O) groups is 4. The molecule has 0 aromatic heterocycles. The minimum Gasteiger partial charge on any atom is -0.456 e. The molecule has 8 atom stereocenters. The zero-order chi connectivity index (χ0) is 38.6. The third-order valence-corrected chi connectivity index (χ3v) is 12.7. The molecule has 0 spiro atoms. The van der Waals surface area contributed by atoms with Gasteiger partial charge in [-0.1, -0.05) is 6.92 Å². The van der Waals surface area contributed by atoms with Gasteiger partial charge in [0.1, 0.15) is 18.9 Å². The molecule has 4 fully saturated rings. The lowest BCUT2D eigenvalue weighted by atomic mass is 9.79. The van der Waals surface area contributed by atoms with Crippen LogP contribution in [-0.4, -0.2) is 121 Å². The highest BCUT2D eigenvalue weighted by Crippen LogP contribution is 2.52. The molecule has 5 aliphatic heterocycles. The van der Waals surface area contributed by atoms with E-state index in [0.29, 0.717) is 48.5 Å². The van der Waals surface area contributed by atoms with Crippen molar-refractivity contribution in [3.8, 4) is 0 Å². The lowest BCUT2D eigenvalue weighted by Gasteiger charge is -2.46. The number of carbonyl (C=O) groups excluding carboxylic acids is 4. The average Bonchev–Trinajstić information content (AvgIpc) is 3.91. The Hall–Kier alpha value is -5.07. The van der Waals surface area contributed by atoms with Gasteiger partial charge in [-0.2, -0.15) is 0 Å². The van der Waals surface area contributed by atoms with Crippen LogP contribution in [0, 0.1) is 32.1 Å². The van der Waals surface area contributed by atoms with Gasteiger partial charge in [0.25, 0.3) is 11.4 Å². The number of likely N-dealkylation sites (N-methyl/N-ethyl adjacent to an activating group) is 1. The number of β-lactam (4-membered cyclic amide) rings is 1. The molecule has 2 bridgehead atoms. The van der Waals surface area contributed by atoms with Crippen LogP contribution in [-0.2, 0) is 37.1 Å². The molecule has 4 saturated heterocycles. The van der Waals surface area contributed by atoms with Gasteiger partial charge in [-0.3, -0.25) is 34.7 Å². The van der Waals surface area contributed by atoms with Crippen molar-refractivity contribution in [1.82, 2.24) is 19.6 Å². The third kappa shape index (κ3) is 6.77. The normalized spacial score (nSPS) is 27.9. The van der Waals surface area contributed by atoms with Crippen molar-refractivity contribution < 1.29 is 43.6 Å². The molecule has 7 rings (SSSR count). The number of piperazine rings is 1. The molecule has 5 heterocycles. The van der Waals surface area contributed by atoms with E-state index in [9.17, 15) is 44.5 Å². The fourth-order valence-corrected chi connectivity index (χ4v) is 10.00. The van der Waals surface area contributed by atoms with Crippen LogP contribution in [0.5, 0.6) is 0 Å². The van der Waals surface area contributed by atoms with Crippen molar-refractivity contribution in [1.29, 1.82) is 0 Å². The summed E-state index contributed by atoms with van der Waals surface area (Å²) in [5, 5.41) is 32.2. The van der Waals surface area contributed by atoms with Crippen LogP contribution in [0.2, 0.25) is 0 Å². The van der Waals surface area contributed by atoms with Gasteiger partial charge in [0.05, 0.1) is 46.0 Å². The maximum atomic E-state index is 14.0. The second kappa shape index (κ2) is 14.6. The van der Waals surface area contributed by atoms with Gasteiger partial charge < -0.3 is 29.3 Å². The zero-order valence-corrected chi connectivity index (χ0v) is 30.6. The highest BCUT2D eigenvalue weighted by molar-refractivity contribution is 8.03. The second-order valence-corrected chi connectivity index (χ2v) is 15.9. The number of non-ortho nitro benzene ring substituents is 2. The maximum Gasteiger partial charge on any atom is 0.410 e. The van der Waals surface area contributed by atoms with Gasteiger partial charge >= 0.3 is 12.1 Å². The highest BCUT2D eigenvalue weighted by Gasteiger charge is 2.61. The van der Waals surface area contributed by atoms with Crippen molar-refractivity contribution in [3.05, 3.63) is 90.5 Å². The Kier molecular flexibility index (Phi) is 10.1. The van der Waals surface area contributed by atoms with Crippen LogP contribution in [0.1, 0.15) is 37.8 Å². The predicted octanol–water partition coefficient (Wildman–Crippen LogP) is 3.04. The molecule has 0 saturated carbocycles. The molecular weight excluding hydrogens is 724 g/mol. The Morgan fingerprint density at radius 1 is 0.889 bits per heavy atom. The number of thioether (sulfide) groups is 1. The number of rotatable bonds is 11. The Morgan fingerprint density at radius 3 is 1.98 bits per heavy atom. The third-order valence-electron chi connectivity index (χ3n) is 11.2. The number of amides is 3. The number of aliphatic hydroxyl groups is 1. The number of hydrogen-bond donors (Lipinski definition) is 1.